The van der Waals surface area contributed by atoms with E-state index in [1.54, 1.807) is 19.4 Å². The van der Waals surface area contributed by atoms with Gasteiger partial charge < -0.3 is 14.8 Å². The lowest BCUT2D eigenvalue weighted by molar-refractivity contribution is 0.0600. The summed E-state index contributed by atoms with van der Waals surface area (Å²) in [5.74, 6) is 0.312. The molecule has 0 unspecified atom stereocenters. The zero-order valence-corrected chi connectivity index (χ0v) is 16.3. The maximum absolute atomic E-state index is 11.8. The lowest BCUT2D eigenvalue weighted by Gasteiger charge is -2.16. The Labute approximate surface area is 165 Å². The molecule has 5 heteroatoms. The first-order chi connectivity index (χ1) is 13.6. The number of ether oxygens (including phenoxy) is 2. The van der Waals surface area contributed by atoms with Crippen molar-refractivity contribution in [3.63, 3.8) is 0 Å². The second-order valence-electron chi connectivity index (χ2n) is 6.50. The summed E-state index contributed by atoms with van der Waals surface area (Å²) in [4.78, 5) is 16.0. The maximum atomic E-state index is 11.8. The molecule has 1 atom stereocenters. The number of benzene rings is 2. The van der Waals surface area contributed by atoms with Crippen LogP contribution in [0.25, 0.3) is 11.1 Å². The van der Waals surface area contributed by atoms with Gasteiger partial charge in [0.1, 0.15) is 5.75 Å². The zero-order valence-electron chi connectivity index (χ0n) is 16.3. The standard InChI is InChI=1S/C23H24N2O3/c1-16(18-7-5-4-6-8-18)25-13-17-9-10-22(27-2)21(11-17)19-12-20(15-24-14-19)23(26)28-3/h4-12,14-16,25H,13H2,1-3H3/t16-/m1/s1. The minimum atomic E-state index is -0.414. The van der Waals surface area contributed by atoms with Crippen LogP contribution in [0.4, 0.5) is 0 Å². The Balaban J connectivity index is 1.83. The molecular formula is C23H24N2O3. The number of nitrogens with one attached hydrogen (secondary N) is 1. The normalized spacial score (nSPS) is 11.7. The van der Waals surface area contributed by atoms with E-state index in [2.05, 4.69) is 35.4 Å². The summed E-state index contributed by atoms with van der Waals surface area (Å²) in [6, 6.07) is 18.3. The molecule has 0 bridgehead atoms. The summed E-state index contributed by atoms with van der Waals surface area (Å²) in [6.45, 7) is 2.85. The van der Waals surface area contributed by atoms with Crippen molar-refractivity contribution in [2.75, 3.05) is 14.2 Å². The number of aromatic nitrogens is 1. The lowest BCUT2D eigenvalue weighted by Crippen LogP contribution is -2.18. The Bertz CT molecular complexity index is 942. The summed E-state index contributed by atoms with van der Waals surface area (Å²) >= 11 is 0. The van der Waals surface area contributed by atoms with Crippen LogP contribution in [0.2, 0.25) is 0 Å². The third-order valence-electron chi connectivity index (χ3n) is 4.65. The molecule has 0 aliphatic heterocycles. The average molecular weight is 376 g/mol. The average Bonchev–Trinajstić information content (AvgIpc) is 2.77. The number of hydrogen-bond donors (Lipinski definition) is 1. The molecule has 0 fully saturated rings. The molecule has 28 heavy (non-hydrogen) atoms. The van der Waals surface area contributed by atoms with Crippen LogP contribution >= 0.6 is 0 Å². The molecule has 3 aromatic rings. The van der Waals surface area contributed by atoms with E-state index >= 15 is 0 Å². The fourth-order valence-corrected chi connectivity index (χ4v) is 3.04. The van der Waals surface area contributed by atoms with Gasteiger partial charge in [0.05, 0.1) is 19.8 Å². The van der Waals surface area contributed by atoms with Crippen LogP contribution in [0.3, 0.4) is 0 Å². The van der Waals surface area contributed by atoms with Gasteiger partial charge in [0.2, 0.25) is 0 Å². The highest BCUT2D eigenvalue weighted by atomic mass is 16.5. The van der Waals surface area contributed by atoms with Crippen molar-refractivity contribution in [3.8, 4) is 16.9 Å². The van der Waals surface area contributed by atoms with E-state index in [1.165, 1.54) is 18.9 Å². The summed E-state index contributed by atoms with van der Waals surface area (Å²) in [5.41, 5.74) is 4.45. The van der Waals surface area contributed by atoms with E-state index in [0.29, 0.717) is 12.1 Å². The SMILES string of the molecule is COC(=O)c1cncc(-c2cc(CN[C@H](C)c3ccccc3)ccc2OC)c1. The monoisotopic (exact) mass is 376 g/mol. The highest BCUT2D eigenvalue weighted by Gasteiger charge is 2.12. The summed E-state index contributed by atoms with van der Waals surface area (Å²) in [5, 5.41) is 3.54. The van der Waals surface area contributed by atoms with Gasteiger partial charge in [0, 0.05) is 36.1 Å². The van der Waals surface area contributed by atoms with E-state index in [4.69, 9.17) is 9.47 Å². The van der Waals surface area contributed by atoms with Gasteiger partial charge in [0.15, 0.2) is 0 Å². The molecule has 0 saturated carbocycles. The summed E-state index contributed by atoms with van der Waals surface area (Å²) in [7, 11) is 2.99. The van der Waals surface area contributed by atoms with Crippen LogP contribution in [-0.4, -0.2) is 25.2 Å². The molecule has 0 amide bonds. The minimum absolute atomic E-state index is 0.232. The molecule has 5 nitrogen and oxygen atoms in total. The smallest absolute Gasteiger partial charge is 0.339 e. The fraction of sp³-hybridized carbons (Fsp3) is 0.217. The Morgan fingerprint density at radius 2 is 1.86 bits per heavy atom. The first kappa shape index (κ1) is 19.6. The van der Waals surface area contributed by atoms with Crippen molar-refractivity contribution in [2.45, 2.75) is 19.5 Å². The molecular weight excluding hydrogens is 352 g/mol. The molecule has 0 aliphatic rings. The van der Waals surface area contributed by atoms with E-state index in [-0.39, 0.29) is 6.04 Å². The maximum Gasteiger partial charge on any atom is 0.339 e. The Morgan fingerprint density at radius 3 is 2.57 bits per heavy atom. The molecule has 0 radical (unpaired) electrons. The number of pyridine rings is 1. The van der Waals surface area contributed by atoms with Gasteiger partial charge in [0.25, 0.3) is 0 Å². The lowest BCUT2D eigenvalue weighted by atomic mass is 10.0. The minimum Gasteiger partial charge on any atom is -0.496 e. The molecule has 0 aliphatic carbocycles. The first-order valence-electron chi connectivity index (χ1n) is 9.11. The van der Waals surface area contributed by atoms with Crippen LogP contribution in [0.5, 0.6) is 5.75 Å². The van der Waals surface area contributed by atoms with E-state index in [9.17, 15) is 4.79 Å². The van der Waals surface area contributed by atoms with Gasteiger partial charge in [-0.3, -0.25) is 4.98 Å². The summed E-state index contributed by atoms with van der Waals surface area (Å²) < 4.78 is 10.3. The van der Waals surface area contributed by atoms with Crippen molar-refractivity contribution in [2.24, 2.45) is 0 Å². The number of carbonyl (C=O) groups is 1. The molecule has 2 aromatic carbocycles. The highest BCUT2D eigenvalue weighted by Crippen LogP contribution is 2.31. The third kappa shape index (κ3) is 4.56. The van der Waals surface area contributed by atoms with Crippen LogP contribution in [0.1, 0.15) is 34.5 Å². The molecule has 144 valence electrons. The molecule has 1 N–H and O–H groups in total. The van der Waals surface area contributed by atoms with Crippen molar-refractivity contribution in [1.29, 1.82) is 0 Å². The molecule has 0 spiro atoms. The van der Waals surface area contributed by atoms with Gasteiger partial charge in [-0.25, -0.2) is 4.79 Å². The summed E-state index contributed by atoms with van der Waals surface area (Å²) in [6.07, 6.45) is 3.21. The Morgan fingerprint density at radius 1 is 1.07 bits per heavy atom. The number of rotatable bonds is 7. The number of carbonyl (C=O) groups excluding carboxylic acids is 1. The van der Waals surface area contributed by atoms with Crippen LogP contribution in [0.15, 0.2) is 67.0 Å². The van der Waals surface area contributed by atoms with Gasteiger partial charge in [-0.15, -0.1) is 0 Å². The number of hydrogen-bond acceptors (Lipinski definition) is 5. The van der Waals surface area contributed by atoms with Crippen molar-refractivity contribution in [1.82, 2.24) is 10.3 Å². The Hall–Kier alpha value is -3.18. The fourth-order valence-electron chi connectivity index (χ4n) is 3.04. The van der Waals surface area contributed by atoms with Gasteiger partial charge >= 0.3 is 5.97 Å². The topological polar surface area (TPSA) is 60.5 Å². The van der Waals surface area contributed by atoms with Crippen molar-refractivity contribution >= 4 is 5.97 Å². The van der Waals surface area contributed by atoms with Gasteiger partial charge in [-0.05, 0) is 36.2 Å². The molecule has 3 rings (SSSR count). The van der Waals surface area contributed by atoms with Crippen LogP contribution in [0, 0.1) is 0 Å². The number of methoxy groups -OCH3 is 2. The highest BCUT2D eigenvalue weighted by molar-refractivity contribution is 5.90. The zero-order chi connectivity index (χ0) is 19.9. The second-order valence-corrected chi connectivity index (χ2v) is 6.50. The van der Waals surface area contributed by atoms with E-state index < -0.39 is 5.97 Å². The largest absolute Gasteiger partial charge is 0.496 e. The Kier molecular flexibility index (Phi) is 6.40. The predicted octanol–water partition coefficient (Wildman–Crippen LogP) is 4.39. The van der Waals surface area contributed by atoms with Crippen molar-refractivity contribution < 1.29 is 14.3 Å². The van der Waals surface area contributed by atoms with Crippen molar-refractivity contribution in [3.05, 3.63) is 83.7 Å². The quantitative estimate of drug-likeness (QED) is 0.620. The van der Waals surface area contributed by atoms with E-state index in [1.807, 2.05) is 30.3 Å². The van der Waals surface area contributed by atoms with Crippen LogP contribution in [-0.2, 0) is 11.3 Å². The third-order valence-corrected chi connectivity index (χ3v) is 4.65. The van der Waals surface area contributed by atoms with Gasteiger partial charge in [-0.1, -0.05) is 36.4 Å². The molecule has 0 saturated heterocycles. The second kappa shape index (κ2) is 9.15. The molecule has 1 aromatic heterocycles. The van der Waals surface area contributed by atoms with E-state index in [0.717, 1.165) is 22.4 Å². The van der Waals surface area contributed by atoms with Crippen LogP contribution < -0.4 is 10.1 Å². The number of nitrogens with zero attached hydrogens (tertiary/aromatic N) is 1. The number of esters is 1. The predicted molar refractivity (Wildman–Crippen MR) is 109 cm³/mol. The van der Waals surface area contributed by atoms with Gasteiger partial charge in [-0.2, -0.15) is 0 Å². The molecule has 1 heterocycles. The first-order valence-corrected chi connectivity index (χ1v) is 9.11.